The minimum Gasteiger partial charge on any atom is -0.481 e. The highest BCUT2D eigenvalue weighted by molar-refractivity contribution is 7.87. The summed E-state index contributed by atoms with van der Waals surface area (Å²) in [4.78, 5) is 10.9. The molecule has 1 saturated heterocycles. The van der Waals surface area contributed by atoms with E-state index in [0.717, 1.165) is 25.7 Å². The molecular formula is C13H24N2O5S. The van der Waals surface area contributed by atoms with E-state index in [0.29, 0.717) is 12.8 Å². The van der Waals surface area contributed by atoms with Gasteiger partial charge in [0.25, 0.3) is 10.2 Å². The Labute approximate surface area is 125 Å². The molecule has 0 spiro atoms. The Morgan fingerprint density at radius 1 is 1.14 bits per heavy atom. The zero-order valence-electron chi connectivity index (χ0n) is 12.1. The first-order valence-corrected chi connectivity index (χ1v) is 8.99. The van der Waals surface area contributed by atoms with Gasteiger partial charge in [0.2, 0.25) is 0 Å². The highest BCUT2D eigenvalue weighted by atomic mass is 32.2. The molecule has 0 bridgehead atoms. The molecule has 2 unspecified atom stereocenters. The van der Waals surface area contributed by atoms with E-state index in [9.17, 15) is 18.3 Å². The number of aliphatic carboxylic acids is 1. The number of hydrogen-bond donors (Lipinski definition) is 3. The van der Waals surface area contributed by atoms with E-state index in [1.807, 2.05) is 0 Å². The SMILES string of the molecule is O=C(O)C1CCN(S(=O)(=O)NC2CCCCC2CO)CC1. The predicted molar refractivity (Wildman–Crippen MR) is 76.8 cm³/mol. The van der Waals surface area contributed by atoms with Crippen molar-refractivity contribution in [1.82, 2.24) is 9.03 Å². The zero-order chi connectivity index (χ0) is 15.5. The fourth-order valence-corrected chi connectivity index (χ4v) is 4.72. The van der Waals surface area contributed by atoms with Crippen LogP contribution in [0.15, 0.2) is 0 Å². The van der Waals surface area contributed by atoms with Crippen LogP contribution in [0.1, 0.15) is 38.5 Å². The summed E-state index contributed by atoms with van der Waals surface area (Å²) >= 11 is 0. The molecule has 7 nitrogen and oxygen atoms in total. The molecule has 0 amide bonds. The number of carboxylic acids is 1. The van der Waals surface area contributed by atoms with Gasteiger partial charge in [-0.3, -0.25) is 4.79 Å². The molecule has 0 radical (unpaired) electrons. The van der Waals surface area contributed by atoms with Gasteiger partial charge in [-0.05, 0) is 31.6 Å². The van der Waals surface area contributed by atoms with Gasteiger partial charge in [-0.15, -0.1) is 0 Å². The summed E-state index contributed by atoms with van der Waals surface area (Å²) in [7, 11) is -3.60. The predicted octanol–water partition coefficient (Wildman–Crippen LogP) is 0.168. The van der Waals surface area contributed by atoms with Crippen molar-refractivity contribution in [2.24, 2.45) is 11.8 Å². The van der Waals surface area contributed by atoms with Gasteiger partial charge >= 0.3 is 5.97 Å². The van der Waals surface area contributed by atoms with Gasteiger partial charge in [0.1, 0.15) is 0 Å². The largest absolute Gasteiger partial charge is 0.481 e. The summed E-state index contributed by atoms with van der Waals surface area (Å²) in [5, 5.41) is 18.3. The molecule has 2 aliphatic rings. The molecule has 1 heterocycles. The first kappa shape index (κ1) is 16.7. The topological polar surface area (TPSA) is 107 Å². The highest BCUT2D eigenvalue weighted by Gasteiger charge is 2.34. The second-order valence-corrected chi connectivity index (χ2v) is 7.67. The van der Waals surface area contributed by atoms with E-state index in [1.165, 1.54) is 4.31 Å². The Hall–Kier alpha value is -0.700. The van der Waals surface area contributed by atoms with Crippen LogP contribution >= 0.6 is 0 Å². The van der Waals surface area contributed by atoms with Gasteiger partial charge in [0.15, 0.2) is 0 Å². The smallest absolute Gasteiger partial charge is 0.306 e. The van der Waals surface area contributed by atoms with E-state index in [-0.39, 0.29) is 31.7 Å². The standard InChI is InChI=1S/C13H24N2O5S/c16-9-11-3-1-2-4-12(11)14-21(19,20)15-7-5-10(6-8-15)13(17)18/h10-12,14,16H,1-9H2,(H,17,18). The third-order valence-corrected chi connectivity index (χ3v) is 6.23. The molecule has 21 heavy (non-hydrogen) atoms. The number of rotatable bonds is 5. The normalized spacial score (nSPS) is 29.4. The summed E-state index contributed by atoms with van der Waals surface area (Å²) < 4.78 is 28.8. The fraction of sp³-hybridized carbons (Fsp3) is 0.923. The van der Waals surface area contributed by atoms with Crippen molar-refractivity contribution in [2.75, 3.05) is 19.7 Å². The van der Waals surface area contributed by atoms with Crippen molar-refractivity contribution >= 4 is 16.2 Å². The number of nitrogens with zero attached hydrogens (tertiary/aromatic N) is 1. The van der Waals surface area contributed by atoms with Crippen molar-refractivity contribution in [2.45, 2.75) is 44.6 Å². The average molecular weight is 320 g/mol. The Balaban J connectivity index is 1.94. The first-order valence-electron chi connectivity index (χ1n) is 7.55. The molecule has 0 aromatic rings. The maximum absolute atomic E-state index is 12.4. The maximum atomic E-state index is 12.4. The molecule has 0 aromatic heterocycles. The molecular weight excluding hydrogens is 296 g/mol. The second kappa shape index (κ2) is 7.04. The summed E-state index contributed by atoms with van der Waals surface area (Å²) in [5.74, 6) is -1.32. The van der Waals surface area contributed by atoms with E-state index >= 15 is 0 Å². The van der Waals surface area contributed by atoms with Crippen molar-refractivity contribution in [3.8, 4) is 0 Å². The number of piperidine rings is 1. The van der Waals surface area contributed by atoms with E-state index in [1.54, 1.807) is 0 Å². The molecule has 1 aliphatic carbocycles. The molecule has 1 aliphatic heterocycles. The lowest BCUT2D eigenvalue weighted by Crippen LogP contribution is -2.51. The monoisotopic (exact) mass is 320 g/mol. The lowest BCUT2D eigenvalue weighted by atomic mass is 9.86. The van der Waals surface area contributed by atoms with Crippen molar-refractivity contribution in [1.29, 1.82) is 0 Å². The number of aliphatic hydroxyl groups is 1. The van der Waals surface area contributed by atoms with Crippen molar-refractivity contribution in [3.05, 3.63) is 0 Å². The minimum atomic E-state index is -3.60. The first-order chi connectivity index (χ1) is 9.94. The van der Waals surface area contributed by atoms with Crippen LogP contribution in [0.25, 0.3) is 0 Å². The highest BCUT2D eigenvalue weighted by Crippen LogP contribution is 2.26. The van der Waals surface area contributed by atoms with Crippen molar-refractivity contribution in [3.63, 3.8) is 0 Å². The summed E-state index contributed by atoms with van der Waals surface area (Å²) in [6.07, 6.45) is 4.27. The Kier molecular flexibility index (Phi) is 5.59. The van der Waals surface area contributed by atoms with E-state index < -0.39 is 22.1 Å². The number of nitrogens with one attached hydrogen (secondary N) is 1. The average Bonchev–Trinajstić information content (AvgIpc) is 2.47. The number of hydrogen-bond acceptors (Lipinski definition) is 4. The van der Waals surface area contributed by atoms with Gasteiger partial charge in [-0.2, -0.15) is 17.4 Å². The summed E-state index contributed by atoms with van der Waals surface area (Å²) in [6.45, 7) is 0.472. The van der Waals surface area contributed by atoms with Crippen LogP contribution in [0.2, 0.25) is 0 Å². The molecule has 3 N–H and O–H groups in total. The van der Waals surface area contributed by atoms with Crippen LogP contribution in [0, 0.1) is 11.8 Å². The maximum Gasteiger partial charge on any atom is 0.306 e. The van der Waals surface area contributed by atoms with Crippen molar-refractivity contribution < 1.29 is 23.4 Å². The third kappa shape index (κ3) is 4.15. The Morgan fingerprint density at radius 3 is 2.33 bits per heavy atom. The van der Waals surface area contributed by atoms with Gasteiger partial charge < -0.3 is 10.2 Å². The lowest BCUT2D eigenvalue weighted by Gasteiger charge is -2.34. The summed E-state index contributed by atoms with van der Waals surface area (Å²) in [5.41, 5.74) is 0. The van der Waals surface area contributed by atoms with E-state index in [4.69, 9.17) is 5.11 Å². The van der Waals surface area contributed by atoms with Gasteiger partial charge in [0, 0.05) is 25.7 Å². The molecule has 1 saturated carbocycles. The second-order valence-electron chi connectivity index (χ2n) is 5.97. The van der Waals surface area contributed by atoms with Crippen LogP contribution in [0.4, 0.5) is 0 Å². The molecule has 0 aromatic carbocycles. The van der Waals surface area contributed by atoms with Gasteiger partial charge in [-0.25, -0.2) is 0 Å². The molecule has 2 fully saturated rings. The van der Waals surface area contributed by atoms with Crippen LogP contribution in [0.3, 0.4) is 0 Å². The molecule has 8 heteroatoms. The number of carboxylic acid groups (broad SMARTS) is 1. The van der Waals surface area contributed by atoms with Crippen LogP contribution in [-0.2, 0) is 15.0 Å². The van der Waals surface area contributed by atoms with Crippen LogP contribution in [-0.4, -0.2) is 54.6 Å². The molecule has 2 rings (SSSR count). The minimum absolute atomic E-state index is 0.00568. The lowest BCUT2D eigenvalue weighted by molar-refractivity contribution is -0.142. The third-order valence-electron chi connectivity index (χ3n) is 4.59. The zero-order valence-corrected chi connectivity index (χ0v) is 12.9. The van der Waals surface area contributed by atoms with E-state index in [2.05, 4.69) is 4.72 Å². The molecule has 122 valence electrons. The quantitative estimate of drug-likeness (QED) is 0.669. The van der Waals surface area contributed by atoms with Crippen LogP contribution < -0.4 is 4.72 Å². The molecule has 2 atom stereocenters. The van der Waals surface area contributed by atoms with Crippen LogP contribution in [0.5, 0.6) is 0 Å². The fourth-order valence-electron chi connectivity index (χ4n) is 3.19. The number of aliphatic hydroxyl groups excluding tert-OH is 1. The summed E-state index contributed by atoms with van der Waals surface area (Å²) in [6, 6.07) is -0.217. The Bertz CT molecular complexity index is 459. The van der Waals surface area contributed by atoms with Gasteiger partial charge in [0.05, 0.1) is 5.92 Å². The van der Waals surface area contributed by atoms with Gasteiger partial charge in [-0.1, -0.05) is 12.8 Å². The number of carbonyl (C=O) groups is 1. The Morgan fingerprint density at radius 2 is 1.76 bits per heavy atom.